The maximum Gasteiger partial charge on any atom is 0.355 e. The van der Waals surface area contributed by atoms with Gasteiger partial charge in [0.1, 0.15) is 5.70 Å². The molecule has 0 amide bonds. The Bertz CT molecular complexity index is 186. The molecule has 56 valence electrons. The first-order valence-electron chi connectivity index (χ1n) is 3.02. The Labute approximate surface area is 59.2 Å². The van der Waals surface area contributed by atoms with Gasteiger partial charge in [0.25, 0.3) is 0 Å². The third-order valence-electron chi connectivity index (χ3n) is 1.38. The van der Waals surface area contributed by atoms with Gasteiger partial charge < -0.3 is 10.2 Å². The standard InChI is InChI=1S/C6H10N2O2/c1-4-3-7-8-5(4)6(9)10-2/h7-8H,3H2,1-2H3. The molecule has 0 fully saturated rings. The summed E-state index contributed by atoms with van der Waals surface area (Å²) in [6, 6.07) is 0. The van der Waals surface area contributed by atoms with Crippen molar-refractivity contribution in [3.8, 4) is 0 Å². The van der Waals surface area contributed by atoms with Crippen LogP contribution in [0.15, 0.2) is 11.3 Å². The van der Waals surface area contributed by atoms with E-state index in [1.165, 1.54) is 7.11 Å². The van der Waals surface area contributed by atoms with Crippen molar-refractivity contribution < 1.29 is 9.53 Å². The number of rotatable bonds is 1. The van der Waals surface area contributed by atoms with Crippen LogP contribution < -0.4 is 10.9 Å². The molecule has 0 aromatic rings. The van der Waals surface area contributed by atoms with E-state index in [1.54, 1.807) is 0 Å². The first kappa shape index (κ1) is 7.08. The smallest absolute Gasteiger partial charge is 0.355 e. The van der Waals surface area contributed by atoms with E-state index in [0.717, 1.165) is 5.57 Å². The molecule has 10 heavy (non-hydrogen) atoms. The van der Waals surface area contributed by atoms with E-state index in [4.69, 9.17) is 0 Å². The van der Waals surface area contributed by atoms with Gasteiger partial charge in [-0.1, -0.05) is 0 Å². The van der Waals surface area contributed by atoms with Crippen LogP contribution in [0.25, 0.3) is 0 Å². The van der Waals surface area contributed by atoms with Crippen molar-refractivity contribution in [2.24, 2.45) is 0 Å². The molecule has 0 saturated heterocycles. The Morgan fingerprint density at radius 2 is 2.40 bits per heavy atom. The van der Waals surface area contributed by atoms with Crippen LogP contribution in [-0.2, 0) is 9.53 Å². The van der Waals surface area contributed by atoms with Crippen molar-refractivity contribution in [3.63, 3.8) is 0 Å². The lowest BCUT2D eigenvalue weighted by atomic mass is 10.2. The van der Waals surface area contributed by atoms with Gasteiger partial charge in [0.2, 0.25) is 0 Å². The molecule has 0 aromatic carbocycles. The Morgan fingerprint density at radius 3 is 2.80 bits per heavy atom. The number of carbonyl (C=O) groups excluding carboxylic acids is 1. The zero-order chi connectivity index (χ0) is 7.56. The summed E-state index contributed by atoms with van der Waals surface area (Å²) in [5.41, 5.74) is 7.03. The summed E-state index contributed by atoms with van der Waals surface area (Å²) in [6.45, 7) is 2.57. The van der Waals surface area contributed by atoms with Crippen LogP contribution in [-0.4, -0.2) is 19.6 Å². The first-order valence-corrected chi connectivity index (χ1v) is 3.02. The number of hydrogen-bond acceptors (Lipinski definition) is 4. The molecule has 0 aromatic heterocycles. The largest absolute Gasteiger partial charge is 0.464 e. The third-order valence-corrected chi connectivity index (χ3v) is 1.38. The molecule has 1 aliphatic rings. The van der Waals surface area contributed by atoms with E-state index in [2.05, 4.69) is 15.6 Å². The molecule has 0 atom stereocenters. The summed E-state index contributed by atoms with van der Waals surface area (Å²) in [5.74, 6) is -0.317. The van der Waals surface area contributed by atoms with Gasteiger partial charge in [-0.3, -0.25) is 0 Å². The summed E-state index contributed by atoms with van der Waals surface area (Å²) in [6.07, 6.45) is 0. The second kappa shape index (κ2) is 2.70. The normalized spacial score (nSPS) is 17.0. The fourth-order valence-electron chi connectivity index (χ4n) is 0.788. The van der Waals surface area contributed by atoms with Crippen molar-refractivity contribution in [1.82, 2.24) is 10.9 Å². The topological polar surface area (TPSA) is 50.4 Å². The Morgan fingerprint density at radius 1 is 1.70 bits per heavy atom. The highest BCUT2D eigenvalue weighted by Gasteiger charge is 2.16. The average Bonchev–Trinajstić information content (AvgIpc) is 2.34. The molecule has 1 rings (SSSR count). The van der Waals surface area contributed by atoms with Crippen LogP contribution in [0.4, 0.5) is 0 Å². The predicted octanol–water partition coefficient (Wildman–Crippen LogP) is -0.459. The van der Waals surface area contributed by atoms with Crippen LogP contribution in [0.2, 0.25) is 0 Å². The average molecular weight is 142 g/mol. The van der Waals surface area contributed by atoms with Gasteiger partial charge in [0, 0.05) is 6.54 Å². The molecule has 4 heteroatoms. The molecule has 2 N–H and O–H groups in total. The van der Waals surface area contributed by atoms with E-state index in [9.17, 15) is 4.79 Å². The maximum absolute atomic E-state index is 10.8. The molecular weight excluding hydrogens is 132 g/mol. The van der Waals surface area contributed by atoms with Crippen molar-refractivity contribution in [3.05, 3.63) is 11.3 Å². The second-order valence-electron chi connectivity index (χ2n) is 2.13. The summed E-state index contributed by atoms with van der Waals surface area (Å²) in [7, 11) is 1.36. The lowest BCUT2D eigenvalue weighted by Gasteiger charge is -2.00. The Hall–Kier alpha value is -1.03. The number of hydrogen-bond donors (Lipinski definition) is 2. The fourth-order valence-corrected chi connectivity index (χ4v) is 0.788. The molecule has 0 unspecified atom stereocenters. The van der Waals surface area contributed by atoms with Crippen molar-refractivity contribution in [2.45, 2.75) is 6.92 Å². The number of nitrogens with one attached hydrogen (secondary N) is 2. The van der Waals surface area contributed by atoms with Crippen LogP contribution in [0.5, 0.6) is 0 Å². The zero-order valence-electron chi connectivity index (χ0n) is 6.02. The fraction of sp³-hybridized carbons (Fsp3) is 0.500. The minimum atomic E-state index is -0.317. The molecular formula is C6H10N2O2. The molecule has 0 spiro atoms. The van der Waals surface area contributed by atoms with Crippen molar-refractivity contribution in [1.29, 1.82) is 0 Å². The number of carbonyl (C=O) groups is 1. The lowest BCUT2D eigenvalue weighted by Crippen LogP contribution is -2.27. The molecule has 1 heterocycles. The van der Waals surface area contributed by atoms with Gasteiger partial charge in [-0.05, 0) is 12.5 Å². The van der Waals surface area contributed by atoms with Crippen LogP contribution >= 0.6 is 0 Å². The highest BCUT2D eigenvalue weighted by Crippen LogP contribution is 2.04. The maximum atomic E-state index is 10.8. The van der Waals surface area contributed by atoms with Gasteiger partial charge in [-0.15, -0.1) is 0 Å². The minimum Gasteiger partial charge on any atom is -0.464 e. The third kappa shape index (κ3) is 1.11. The van der Waals surface area contributed by atoms with Crippen LogP contribution in [0.3, 0.4) is 0 Å². The number of hydrazine groups is 1. The molecule has 0 radical (unpaired) electrons. The monoisotopic (exact) mass is 142 g/mol. The van der Waals surface area contributed by atoms with E-state index < -0.39 is 0 Å². The van der Waals surface area contributed by atoms with Gasteiger partial charge >= 0.3 is 5.97 Å². The quantitative estimate of drug-likeness (QED) is 0.486. The number of esters is 1. The molecule has 1 aliphatic heterocycles. The highest BCUT2D eigenvalue weighted by molar-refractivity contribution is 5.88. The van der Waals surface area contributed by atoms with Gasteiger partial charge in [-0.2, -0.15) is 0 Å². The number of methoxy groups -OCH3 is 1. The Balaban J connectivity index is 2.71. The summed E-state index contributed by atoms with van der Waals surface area (Å²) < 4.78 is 4.51. The van der Waals surface area contributed by atoms with E-state index in [-0.39, 0.29) is 5.97 Å². The SMILES string of the molecule is COC(=O)C1=C(C)CNN1. The summed E-state index contributed by atoms with van der Waals surface area (Å²) in [4.78, 5) is 10.8. The molecule has 0 aliphatic carbocycles. The van der Waals surface area contributed by atoms with Gasteiger partial charge in [-0.25, -0.2) is 10.2 Å². The second-order valence-corrected chi connectivity index (χ2v) is 2.13. The summed E-state index contributed by atoms with van der Waals surface area (Å²) in [5, 5.41) is 0. The first-order chi connectivity index (χ1) is 4.75. The predicted molar refractivity (Wildman–Crippen MR) is 35.9 cm³/mol. The van der Waals surface area contributed by atoms with Crippen LogP contribution in [0.1, 0.15) is 6.92 Å². The van der Waals surface area contributed by atoms with Gasteiger partial charge in [0.05, 0.1) is 7.11 Å². The lowest BCUT2D eigenvalue weighted by molar-refractivity contribution is -0.136. The summed E-state index contributed by atoms with van der Waals surface area (Å²) >= 11 is 0. The molecule has 0 saturated carbocycles. The Kier molecular flexibility index (Phi) is 1.91. The molecule has 0 bridgehead atoms. The van der Waals surface area contributed by atoms with E-state index >= 15 is 0 Å². The highest BCUT2D eigenvalue weighted by atomic mass is 16.5. The van der Waals surface area contributed by atoms with E-state index in [1.807, 2.05) is 6.92 Å². The zero-order valence-corrected chi connectivity index (χ0v) is 6.02. The van der Waals surface area contributed by atoms with Crippen molar-refractivity contribution >= 4 is 5.97 Å². The van der Waals surface area contributed by atoms with Crippen LogP contribution in [0, 0.1) is 0 Å². The van der Waals surface area contributed by atoms with E-state index in [0.29, 0.717) is 12.2 Å². The molecule has 4 nitrogen and oxygen atoms in total. The van der Waals surface area contributed by atoms with Gasteiger partial charge in [0.15, 0.2) is 0 Å². The van der Waals surface area contributed by atoms with Crippen molar-refractivity contribution in [2.75, 3.05) is 13.7 Å². The number of ether oxygens (including phenoxy) is 1. The minimum absolute atomic E-state index is 0.317.